The molecule has 1 aliphatic rings. The van der Waals surface area contributed by atoms with Crippen LogP contribution in [0.3, 0.4) is 0 Å². The van der Waals surface area contributed by atoms with Crippen molar-refractivity contribution in [2.45, 2.75) is 32.0 Å². The van der Waals surface area contributed by atoms with Crippen molar-refractivity contribution in [2.75, 3.05) is 10.6 Å². The fourth-order valence-electron chi connectivity index (χ4n) is 2.76. The lowest BCUT2D eigenvalue weighted by Crippen LogP contribution is -2.27. The van der Waals surface area contributed by atoms with E-state index in [1.54, 1.807) is 0 Å². The minimum atomic E-state index is -4.31. The first-order valence-corrected chi connectivity index (χ1v) is 7.09. The number of rotatable bonds is 2. The van der Waals surface area contributed by atoms with Crippen molar-refractivity contribution in [3.8, 4) is 0 Å². The van der Waals surface area contributed by atoms with Gasteiger partial charge in [0.15, 0.2) is 0 Å². The van der Waals surface area contributed by atoms with Gasteiger partial charge in [-0.05, 0) is 56.7 Å². The van der Waals surface area contributed by atoms with E-state index in [4.69, 9.17) is 0 Å². The predicted molar refractivity (Wildman–Crippen MR) is 82.6 cm³/mol. The molecule has 22 heavy (non-hydrogen) atoms. The first-order valence-electron chi connectivity index (χ1n) is 7.09. The van der Waals surface area contributed by atoms with E-state index in [1.807, 2.05) is 18.2 Å². The third kappa shape index (κ3) is 2.89. The molecule has 2 aromatic rings. The van der Waals surface area contributed by atoms with E-state index in [9.17, 15) is 13.2 Å². The lowest BCUT2D eigenvalue weighted by atomic mass is 9.99. The molecule has 0 fully saturated rings. The summed E-state index contributed by atoms with van der Waals surface area (Å²) in [5.41, 5.74) is 3.15. The molecule has 1 heterocycles. The number of anilines is 3. The molecule has 2 N–H and O–H groups in total. The number of halogens is 3. The maximum Gasteiger partial charge on any atom is 0.416 e. The fourth-order valence-corrected chi connectivity index (χ4v) is 2.76. The van der Waals surface area contributed by atoms with Gasteiger partial charge in [-0.2, -0.15) is 13.2 Å². The zero-order valence-electron chi connectivity index (χ0n) is 12.4. The Kier molecular flexibility index (Phi) is 3.31. The summed E-state index contributed by atoms with van der Waals surface area (Å²) in [6.45, 7) is 4.24. The van der Waals surface area contributed by atoms with Crippen LogP contribution in [-0.2, 0) is 12.6 Å². The fraction of sp³-hybridized carbons (Fsp3) is 0.294. The predicted octanol–water partition coefficient (Wildman–Crippen LogP) is 5.20. The molecule has 0 bridgehead atoms. The molecule has 0 unspecified atom stereocenters. The Labute approximate surface area is 127 Å². The summed E-state index contributed by atoms with van der Waals surface area (Å²) in [5, 5.41) is 6.65. The number of hydrogen-bond donors (Lipinski definition) is 2. The van der Waals surface area contributed by atoms with Crippen molar-refractivity contribution in [2.24, 2.45) is 0 Å². The summed E-state index contributed by atoms with van der Waals surface area (Å²) >= 11 is 0. The Balaban J connectivity index is 1.85. The molecular formula is C17H17F3N2. The largest absolute Gasteiger partial charge is 0.416 e. The van der Waals surface area contributed by atoms with Crippen LogP contribution in [0.5, 0.6) is 0 Å². The average Bonchev–Trinajstić information content (AvgIpc) is 2.73. The van der Waals surface area contributed by atoms with Gasteiger partial charge in [-0.25, -0.2) is 0 Å². The molecule has 0 amide bonds. The van der Waals surface area contributed by atoms with E-state index in [-0.39, 0.29) is 5.54 Å². The van der Waals surface area contributed by atoms with Gasteiger partial charge in [0, 0.05) is 28.2 Å². The quantitative estimate of drug-likeness (QED) is 0.797. The molecule has 116 valence electrons. The van der Waals surface area contributed by atoms with E-state index >= 15 is 0 Å². The van der Waals surface area contributed by atoms with Crippen molar-refractivity contribution >= 4 is 17.1 Å². The highest BCUT2D eigenvalue weighted by molar-refractivity contribution is 5.74. The first-order chi connectivity index (χ1) is 10.2. The number of hydrogen-bond acceptors (Lipinski definition) is 2. The van der Waals surface area contributed by atoms with E-state index in [0.29, 0.717) is 5.69 Å². The molecule has 0 saturated carbocycles. The molecule has 5 heteroatoms. The Morgan fingerprint density at radius 3 is 2.36 bits per heavy atom. The van der Waals surface area contributed by atoms with Crippen LogP contribution < -0.4 is 10.6 Å². The summed E-state index contributed by atoms with van der Waals surface area (Å²) in [6, 6.07) is 11.0. The zero-order chi connectivity index (χ0) is 16.0. The number of alkyl halides is 3. The highest BCUT2D eigenvalue weighted by atomic mass is 19.4. The van der Waals surface area contributed by atoms with E-state index in [0.717, 1.165) is 35.5 Å². The molecule has 0 saturated heterocycles. The van der Waals surface area contributed by atoms with Crippen LogP contribution in [0.2, 0.25) is 0 Å². The highest BCUT2D eigenvalue weighted by Gasteiger charge is 2.30. The molecule has 0 spiro atoms. The van der Waals surface area contributed by atoms with Crippen LogP contribution >= 0.6 is 0 Å². The monoisotopic (exact) mass is 306 g/mol. The van der Waals surface area contributed by atoms with E-state index < -0.39 is 11.7 Å². The molecule has 2 nitrogen and oxygen atoms in total. The summed E-state index contributed by atoms with van der Waals surface area (Å²) in [7, 11) is 0. The van der Waals surface area contributed by atoms with Crippen molar-refractivity contribution in [3.63, 3.8) is 0 Å². The van der Waals surface area contributed by atoms with Crippen LogP contribution in [0.25, 0.3) is 0 Å². The Bertz CT molecular complexity index is 688. The van der Waals surface area contributed by atoms with Crippen molar-refractivity contribution in [3.05, 3.63) is 53.6 Å². The lowest BCUT2D eigenvalue weighted by molar-refractivity contribution is -0.137. The van der Waals surface area contributed by atoms with Crippen molar-refractivity contribution in [1.82, 2.24) is 0 Å². The van der Waals surface area contributed by atoms with Gasteiger partial charge in [0.25, 0.3) is 0 Å². The second-order valence-corrected chi connectivity index (χ2v) is 6.22. The van der Waals surface area contributed by atoms with Gasteiger partial charge in [0.1, 0.15) is 0 Å². The molecule has 2 aromatic carbocycles. The standard InChI is InChI=1S/C17H17F3N2/c1-16(2)10-13-14(4-3-5-15(13)22-16)21-12-8-6-11(7-9-12)17(18,19)20/h3-9,21-22H,10H2,1-2H3. The minimum absolute atomic E-state index is 0.0136. The summed E-state index contributed by atoms with van der Waals surface area (Å²) < 4.78 is 37.7. The van der Waals surface area contributed by atoms with Gasteiger partial charge in [-0.3, -0.25) is 0 Å². The zero-order valence-corrected chi connectivity index (χ0v) is 12.4. The van der Waals surface area contributed by atoms with E-state index in [1.165, 1.54) is 12.1 Å². The van der Waals surface area contributed by atoms with Gasteiger partial charge in [0.2, 0.25) is 0 Å². The highest BCUT2D eigenvalue weighted by Crippen LogP contribution is 2.38. The van der Waals surface area contributed by atoms with Gasteiger partial charge in [-0.15, -0.1) is 0 Å². The average molecular weight is 306 g/mol. The summed E-state index contributed by atoms with van der Waals surface area (Å²) in [5.74, 6) is 0. The first kappa shape index (κ1) is 14.8. The second kappa shape index (κ2) is 4.93. The number of nitrogens with one attached hydrogen (secondary N) is 2. The van der Waals surface area contributed by atoms with Crippen molar-refractivity contribution < 1.29 is 13.2 Å². The smallest absolute Gasteiger partial charge is 0.380 e. The third-order valence-corrected chi connectivity index (χ3v) is 3.76. The number of benzene rings is 2. The topological polar surface area (TPSA) is 24.1 Å². The van der Waals surface area contributed by atoms with Gasteiger partial charge in [-0.1, -0.05) is 6.07 Å². The molecule has 0 aliphatic carbocycles. The van der Waals surface area contributed by atoms with Crippen LogP contribution in [0.15, 0.2) is 42.5 Å². The van der Waals surface area contributed by atoms with Crippen LogP contribution in [0.4, 0.5) is 30.2 Å². The van der Waals surface area contributed by atoms with Gasteiger partial charge in [0.05, 0.1) is 5.56 Å². The maximum atomic E-state index is 12.6. The van der Waals surface area contributed by atoms with Crippen LogP contribution in [0, 0.1) is 0 Å². The molecule has 0 atom stereocenters. The minimum Gasteiger partial charge on any atom is -0.380 e. The Morgan fingerprint density at radius 2 is 1.73 bits per heavy atom. The van der Waals surface area contributed by atoms with Crippen LogP contribution in [0.1, 0.15) is 25.0 Å². The number of fused-ring (bicyclic) bond motifs is 1. The SMILES string of the molecule is CC1(C)Cc2c(Nc3ccc(C(F)(F)F)cc3)cccc2N1. The normalized spacial score (nSPS) is 16.0. The Morgan fingerprint density at radius 1 is 1.05 bits per heavy atom. The summed E-state index contributed by atoms with van der Waals surface area (Å²) in [6.07, 6.45) is -3.44. The van der Waals surface area contributed by atoms with Crippen molar-refractivity contribution in [1.29, 1.82) is 0 Å². The lowest BCUT2D eigenvalue weighted by Gasteiger charge is -2.17. The molecule has 0 radical (unpaired) electrons. The molecular weight excluding hydrogens is 289 g/mol. The molecule has 3 rings (SSSR count). The summed E-state index contributed by atoms with van der Waals surface area (Å²) in [4.78, 5) is 0. The molecule has 0 aromatic heterocycles. The van der Waals surface area contributed by atoms with Gasteiger partial charge >= 0.3 is 6.18 Å². The molecule has 1 aliphatic heterocycles. The van der Waals surface area contributed by atoms with E-state index in [2.05, 4.69) is 24.5 Å². The third-order valence-electron chi connectivity index (χ3n) is 3.76. The Hall–Kier alpha value is -2.17. The maximum absolute atomic E-state index is 12.6. The van der Waals surface area contributed by atoms with Gasteiger partial charge < -0.3 is 10.6 Å². The second-order valence-electron chi connectivity index (χ2n) is 6.22. The van der Waals surface area contributed by atoms with Crippen LogP contribution in [-0.4, -0.2) is 5.54 Å².